The number of pyridine rings is 1. The summed E-state index contributed by atoms with van der Waals surface area (Å²) in [6.07, 6.45) is 7.84. The Bertz CT molecular complexity index is 254. The highest BCUT2D eigenvalue weighted by Gasteiger charge is 2.01. The van der Waals surface area contributed by atoms with Gasteiger partial charge in [-0.05, 0) is 25.5 Å². The average Bonchev–Trinajstić information content (AvgIpc) is 2.19. The second kappa shape index (κ2) is 5.49. The SMILES string of the molecule is C/C=C/CN[C@@H](C)c1cccnc1. The summed E-state index contributed by atoms with van der Waals surface area (Å²) in [4.78, 5) is 4.08. The van der Waals surface area contributed by atoms with E-state index in [1.807, 2.05) is 25.3 Å². The van der Waals surface area contributed by atoms with Crippen molar-refractivity contribution in [2.75, 3.05) is 6.54 Å². The van der Waals surface area contributed by atoms with Gasteiger partial charge in [0.15, 0.2) is 0 Å². The Hall–Kier alpha value is -1.15. The largest absolute Gasteiger partial charge is 0.307 e. The van der Waals surface area contributed by atoms with Crippen LogP contribution in [0.15, 0.2) is 36.7 Å². The van der Waals surface area contributed by atoms with Crippen molar-refractivity contribution in [3.63, 3.8) is 0 Å². The van der Waals surface area contributed by atoms with Gasteiger partial charge in [-0.1, -0.05) is 18.2 Å². The van der Waals surface area contributed by atoms with Crippen LogP contribution in [0.4, 0.5) is 0 Å². The first-order valence-electron chi connectivity index (χ1n) is 4.59. The fourth-order valence-electron chi connectivity index (χ4n) is 1.11. The van der Waals surface area contributed by atoms with Crippen molar-refractivity contribution in [1.29, 1.82) is 0 Å². The molecular formula is C11H16N2. The van der Waals surface area contributed by atoms with Gasteiger partial charge in [0.2, 0.25) is 0 Å². The molecule has 0 aliphatic carbocycles. The zero-order valence-corrected chi connectivity index (χ0v) is 8.20. The van der Waals surface area contributed by atoms with Crippen molar-refractivity contribution in [1.82, 2.24) is 10.3 Å². The third kappa shape index (κ3) is 3.38. The van der Waals surface area contributed by atoms with Crippen LogP contribution in [0.2, 0.25) is 0 Å². The highest BCUT2D eigenvalue weighted by molar-refractivity contribution is 5.12. The minimum Gasteiger partial charge on any atom is -0.307 e. The number of nitrogens with one attached hydrogen (secondary N) is 1. The van der Waals surface area contributed by atoms with E-state index in [1.165, 1.54) is 5.56 Å². The minimum absolute atomic E-state index is 0.366. The predicted molar refractivity (Wildman–Crippen MR) is 55.5 cm³/mol. The van der Waals surface area contributed by atoms with Gasteiger partial charge in [-0.15, -0.1) is 0 Å². The molecule has 1 atom stereocenters. The van der Waals surface area contributed by atoms with E-state index in [0.717, 1.165) is 6.54 Å². The summed E-state index contributed by atoms with van der Waals surface area (Å²) < 4.78 is 0. The van der Waals surface area contributed by atoms with E-state index in [0.29, 0.717) is 6.04 Å². The van der Waals surface area contributed by atoms with E-state index in [1.54, 1.807) is 6.20 Å². The molecule has 1 aromatic heterocycles. The average molecular weight is 176 g/mol. The summed E-state index contributed by atoms with van der Waals surface area (Å²) >= 11 is 0. The van der Waals surface area contributed by atoms with Crippen LogP contribution in [0.3, 0.4) is 0 Å². The maximum absolute atomic E-state index is 4.08. The van der Waals surface area contributed by atoms with Crippen LogP contribution in [0.5, 0.6) is 0 Å². The molecule has 0 saturated heterocycles. The molecule has 0 aliphatic rings. The lowest BCUT2D eigenvalue weighted by Gasteiger charge is -2.11. The third-order valence-corrected chi connectivity index (χ3v) is 1.96. The number of hydrogen-bond donors (Lipinski definition) is 1. The summed E-state index contributed by atoms with van der Waals surface area (Å²) in [7, 11) is 0. The van der Waals surface area contributed by atoms with Crippen LogP contribution >= 0.6 is 0 Å². The Labute approximate surface area is 79.7 Å². The van der Waals surface area contributed by atoms with Crippen LogP contribution in [-0.4, -0.2) is 11.5 Å². The lowest BCUT2D eigenvalue weighted by Crippen LogP contribution is -2.18. The molecule has 0 fully saturated rings. The van der Waals surface area contributed by atoms with Crippen LogP contribution < -0.4 is 5.32 Å². The van der Waals surface area contributed by atoms with Gasteiger partial charge < -0.3 is 5.32 Å². The molecule has 0 bridgehead atoms. The second-order valence-electron chi connectivity index (χ2n) is 2.99. The lowest BCUT2D eigenvalue weighted by molar-refractivity contribution is 0.615. The van der Waals surface area contributed by atoms with Crippen LogP contribution in [0.25, 0.3) is 0 Å². The van der Waals surface area contributed by atoms with Gasteiger partial charge in [0.1, 0.15) is 0 Å². The zero-order chi connectivity index (χ0) is 9.52. The Morgan fingerprint density at radius 2 is 2.46 bits per heavy atom. The van der Waals surface area contributed by atoms with Gasteiger partial charge in [0, 0.05) is 25.0 Å². The first-order valence-corrected chi connectivity index (χ1v) is 4.59. The molecule has 0 spiro atoms. The Morgan fingerprint density at radius 1 is 1.62 bits per heavy atom. The number of rotatable bonds is 4. The Balaban J connectivity index is 2.44. The molecule has 1 N–H and O–H groups in total. The topological polar surface area (TPSA) is 24.9 Å². The fraction of sp³-hybridized carbons (Fsp3) is 0.364. The normalized spacial score (nSPS) is 13.4. The van der Waals surface area contributed by atoms with E-state index < -0.39 is 0 Å². The van der Waals surface area contributed by atoms with Crippen molar-refractivity contribution in [3.05, 3.63) is 42.2 Å². The molecule has 70 valence electrons. The molecule has 1 rings (SSSR count). The Kier molecular flexibility index (Phi) is 4.19. The first-order chi connectivity index (χ1) is 6.34. The zero-order valence-electron chi connectivity index (χ0n) is 8.20. The van der Waals surface area contributed by atoms with Gasteiger partial charge in [-0.2, -0.15) is 0 Å². The minimum atomic E-state index is 0.366. The van der Waals surface area contributed by atoms with Crippen molar-refractivity contribution >= 4 is 0 Å². The van der Waals surface area contributed by atoms with E-state index in [9.17, 15) is 0 Å². The monoisotopic (exact) mass is 176 g/mol. The van der Waals surface area contributed by atoms with Crippen LogP contribution in [0.1, 0.15) is 25.5 Å². The molecule has 1 heterocycles. The molecule has 0 saturated carbocycles. The summed E-state index contributed by atoms with van der Waals surface area (Å²) in [6.45, 7) is 5.07. The van der Waals surface area contributed by atoms with Crippen LogP contribution in [0, 0.1) is 0 Å². The van der Waals surface area contributed by atoms with E-state index >= 15 is 0 Å². The molecule has 2 heteroatoms. The van der Waals surface area contributed by atoms with E-state index in [2.05, 4.69) is 29.4 Å². The molecule has 0 radical (unpaired) electrons. The smallest absolute Gasteiger partial charge is 0.0315 e. The third-order valence-electron chi connectivity index (χ3n) is 1.96. The Morgan fingerprint density at radius 3 is 3.08 bits per heavy atom. The van der Waals surface area contributed by atoms with Gasteiger partial charge in [-0.3, -0.25) is 4.98 Å². The fourth-order valence-corrected chi connectivity index (χ4v) is 1.11. The van der Waals surface area contributed by atoms with Crippen molar-refractivity contribution in [3.8, 4) is 0 Å². The molecule has 13 heavy (non-hydrogen) atoms. The second-order valence-corrected chi connectivity index (χ2v) is 2.99. The number of aromatic nitrogens is 1. The van der Waals surface area contributed by atoms with Gasteiger partial charge >= 0.3 is 0 Å². The highest BCUT2D eigenvalue weighted by atomic mass is 14.9. The number of nitrogens with zero attached hydrogens (tertiary/aromatic N) is 1. The molecule has 1 aromatic rings. The molecule has 0 aliphatic heterocycles. The summed E-state index contributed by atoms with van der Waals surface area (Å²) in [6, 6.07) is 4.41. The van der Waals surface area contributed by atoms with Crippen molar-refractivity contribution < 1.29 is 0 Å². The van der Waals surface area contributed by atoms with Gasteiger partial charge in [-0.25, -0.2) is 0 Å². The predicted octanol–water partition coefficient (Wildman–Crippen LogP) is 2.31. The quantitative estimate of drug-likeness (QED) is 0.712. The summed E-state index contributed by atoms with van der Waals surface area (Å²) in [5.74, 6) is 0. The summed E-state index contributed by atoms with van der Waals surface area (Å²) in [5.41, 5.74) is 1.23. The maximum atomic E-state index is 4.08. The number of hydrogen-bond acceptors (Lipinski definition) is 2. The van der Waals surface area contributed by atoms with E-state index in [4.69, 9.17) is 0 Å². The van der Waals surface area contributed by atoms with Gasteiger partial charge in [0.05, 0.1) is 0 Å². The molecule has 0 unspecified atom stereocenters. The molecule has 0 aromatic carbocycles. The lowest BCUT2D eigenvalue weighted by atomic mass is 10.1. The number of allylic oxidation sites excluding steroid dienone is 1. The van der Waals surface area contributed by atoms with Crippen molar-refractivity contribution in [2.24, 2.45) is 0 Å². The molecular weight excluding hydrogens is 160 g/mol. The molecule has 2 nitrogen and oxygen atoms in total. The standard InChI is InChI=1S/C11H16N2/c1-3-4-8-13-10(2)11-6-5-7-12-9-11/h3-7,9-10,13H,8H2,1-2H3/b4-3+/t10-/m0/s1. The first kappa shape index (κ1) is 9.93. The van der Waals surface area contributed by atoms with Crippen molar-refractivity contribution in [2.45, 2.75) is 19.9 Å². The molecule has 0 amide bonds. The maximum Gasteiger partial charge on any atom is 0.0315 e. The van der Waals surface area contributed by atoms with Gasteiger partial charge in [0.25, 0.3) is 0 Å². The van der Waals surface area contributed by atoms with E-state index in [-0.39, 0.29) is 0 Å². The summed E-state index contributed by atoms with van der Waals surface area (Å²) in [5, 5.41) is 3.37. The van der Waals surface area contributed by atoms with Crippen LogP contribution in [-0.2, 0) is 0 Å². The highest BCUT2D eigenvalue weighted by Crippen LogP contribution is 2.08.